The maximum atomic E-state index is 12.7. The molecule has 2 N–H and O–H groups in total. The van der Waals surface area contributed by atoms with E-state index in [2.05, 4.69) is 15.6 Å². The third kappa shape index (κ3) is 2.96. The number of fused-ring (bicyclic) bond motifs is 2. The van der Waals surface area contributed by atoms with Gasteiger partial charge in [-0.1, -0.05) is 12.1 Å². The van der Waals surface area contributed by atoms with Crippen LogP contribution in [0, 0.1) is 0 Å². The molecule has 0 fully saturated rings. The summed E-state index contributed by atoms with van der Waals surface area (Å²) in [5, 5.41) is 6.01. The quantitative estimate of drug-likeness (QED) is 0.861. The van der Waals surface area contributed by atoms with Crippen LogP contribution in [-0.4, -0.2) is 35.3 Å². The van der Waals surface area contributed by atoms with Crippen LogP contribution in [0.3, 0.4) is 0 Å². The van der Waals surface area contributed by atoms with Gasteiger partial charge in [0.15, 0.2) is 5.13 Å². The standard InChI is InChI=1S/C18H18N4O3S/c1-10-17(25)22(13-7-3-2-5-11(13)16(24)19-10)9-15(23)21-18-20-12-6-4-8-14(12)26-18/h2-3,5,7,10H,4,6,8-9H2,1H3,(H,19,24)(H,20,21,23)/t10-/m0/s1. The van der Waals surface area contributed by atoms with Gasteiger partial charge < -0.3 is 15.5 Å². The second-order valence-electron chi connectivity index (χ2n) is 6.43. The first-order valence-corrected chi connectivity index (χ1v) is 9.34. The van der Waals surface area contributed by atoms with Crippen molar-refractivity contribution in [1.82, 2.24) is 10.3 Å². The first kappa shape index (κ1) is 16.7. The van der Waals surface area contributed by atoms with Crippen molar-refractivity contribution in [2.75, 3.05) is 16.8 Å². The number of rotatable bonds is 3. The number of carbonyl (C=O) groups excluding carboxylic acids is 3. The molecular formula is C18H18N4O3S. The molecule has 2 aliphatic rings. The normalized spacial score (nSPS) is 18.8. The number of carbonyl (C=O) groups is 3. The molecule has 1 aliphatic heterocycles. The van der Waals surface area contributed by atoms with Gasteiger partial charge in [0.05, 0.1) is 16.9 Å². The highest BCUT2D eigenvalue weighted by atomic mass is 32.1. The summed E-state index contributed by atoms with van der Waals surface area (Å²) >= 11 is 1.49. The maximum Gasteiger partial charge on any atom is 0.254 e. The minimum Gasteiger partial charge on any atom is -0.340 e. The van der Waals surface area contributed by atoms with Crippen LogP contribution in [0.1, 0.15) is 34.3 Å². The molecule has 0 radical (unpaired) electrons. The number of benzene rings is 1. The van der Waals surface area contributed by atoms with Gasteiger partial charge in [-0.25, -0.2) is 4.98 Å². The minimum atomic E-state index is -0.702. The zero-order valence-electron chi connectivity index (χ0n) is 14.2. The Labute approximate surface area is 154 Å². The van der Waals surface area contributed by atoms with Crippen LogP contribution < -0.4 is 15.5 Å². The Morgan fingerprint density at radius 2 is 2.15 bits per heavy atom. The van der Waals surface area contributed by atoms with E-state index in [-0.39, 0.29) is 24.3 Å². The van der Waals surface area contributed by atoms with Gasteiger partial charge in [0.25, 0.3) is 5.91 Å². The number of hydrogen-bond donors (Lipinski definition) is 2. The molecule has 1 atom stereocenters. The van der Waals surface area contributed by atoms with Crippen molar-refractivity contribution in [1.29, 1.82) is 0 Å². The van der Waals surface area contributed by atoms with Crippen molar-refractivity contribution in [3.8, 4) is 0 Å². The lowest BCUT2D eigenvalue weighted by molar-refractivity contribution is -0.122. The number of aromatic nitrogens is 1. The van der Waals surface area contributed by atoms with Gasteiger partial charge in [0, 0.05) is 4.88 Å². The van der Waals surface area contributed by atoms with Crippen LogP contribution in [0.25, 0.3) is 0 Å². The summed E-state index contributed by atoms with van der Waals surface area (Å²) in [4.78, 5) is 44.5. The molecule has 7 nitrogen and oxygen atoms in total. The molecule has 1 aromatic heterocycles. The molecule has 8 heteroatoms. The third-order valence-corrected chi connectivity index (χ3v) is 5.64. The van der Waals surface area contributed by atoms with E-state index < -0.39 is 6.04 Å². The highest BCUT2D eigenvalue weighted by Gasteiger charge is 2.32. The van der Waals surface area contributed by atoms with E-state index in [0.29, 0.717) is 16.4 Å². The van der Waals surface area contributed by atoms with Crippen molar-refractivity contribution in [2.45, 2.75) is 32.2 Å². The first-order valence-electron chi connectivity index (χ1n) is 8.52. The van der Waals surface area contributed by atoms with Crippen molar-refractivity contribution < 1.29 is 14.4 Å². The molecule has 2 heterocycles. The largest absolute Gasteiger partial charge is 0.340 e. The fourth-order valence-corrected chi connectivity index (χ4v) is 4.36. The predicted molar refractivity (Wildman–Crippen MR) is 98.5 cm³/mol. The summed E-state index contributed by atoms with van der Waals surface area (Å²) in [7, 11) is 0. The smallest absolute Gasteiger partial charge is 0.254 e. The fourth-order valence-electron chi connectivity index (χ4n) is 3.30. The van der Waals surface area contributed by atoms with Gasteiger partial charge in [-0.3, -0.25) is 14.4 Å². The Bertz CT molecular complexity index is 886. The number of nitrogens with one attached hydrogen (secondary N) is 2. The van der Waals surface area contributed by atoms with E-state index >= 15 is 0 Å². The summed E-state index contributed by atoms with van der Waals surface area (Å²) < 4.78 is 0. The topological polar surface area (TPSA) is 91.4 Å². The van der Waals surface area contributed by atoms with E-state index in [1.165, 1.54) is 21.1 Å². The molecule has 0 bridgehead atoms. The minimum absolute atomic E-state index is 0.167. The lowest BCUT2D eigenvalue weighted by atomic mass is 10.1. The van der Waals surface area contributed by atoms with Crippen LogP contribution in [0.4, 0.5) is 10.8 Å². The molecular weight excluding hydrogens is 352 g/mol. The molecule has 4 rings (SSSR count). The fraction of sp³-hybridized carbons (Fsp3) is 0.333. The molecule has 3 amide bonds. The third-order valence-electron chi connectivity index (χ3n) is 4.57. The SMILES string of the molecule is C[C@@H]1NC(=O)c2ccccc2N(CC(=O)Nc2nc3c(s2)CCC3)C1=O. The summed E-state index contributed by atoms with van der Waals surface area (Å²) in [5.41, 5.74) is 1.88. The second-order valence-corrected chi connectivity index (χ2v) is 7.51. The Balaban J connectivity index is 1.56. The predicted octanol–water partition coefficient (Wildman–Crippen LogP) is 1.74. The van der Waals surface area contributed by atoms with Gasteiger partial charge in [-0.15, -0.1) is 11.3 Å². The zero-order chi connectivity index (χ0) is 18.3. The lowest BCUT2D eigenvalue weighted by Crippen LogP contribution is -2.46. The van der Waals surface area contributed by atoms with Crippen molar-refractivity contribution in [3.63, 3.8) is 0 Å². The average molecular weight is 370 g/mol. The lowest BCUT2D eigenvalue weighted by Gasteiger charge is -2.23. The van der Waals surface area contributed by atoms with Gasteiger partial charge >= 0.3 is 0 Å². The molecule has 1 aromatic carbocycles. The molecule has 134 valence electrons. The van der Waals surface area contributed by atoms with E-state index in [1.807, 2.05) is 0 Å². The molecule has 0 spiro atoms. The van der Waals surface area contributed by atoms with Crippen LogP contribution in [0.5, 0.6) is 0 Å². The maximum absolute atomic E-state index is 12.7. The molecule has 2 aromatic rings. The summed E-state index contributed by atoms with van der Waals surface area (Å²) in [6.07, 6.45) is 3.07. The Hall–Kier alpha value is -2.74. The number of anilines is 2. The van der Waals surface area contributed by atoms with E-state index in [1.54, 1.807) is 31.2 Å². The van der Waals surface area contributed by atoms with E-state index in [0.717, 1.165) is 25.0 Å². The number of nitrogens with zero attached hydrogens (tertiary/aromatic N) is 2. The van der Waals surface area contributed by atoms with Gasteiger partial charge in [0.2, 0.25) is 11.8 Å². The Morgan fingerprint density at radius 1 is 1.35 bits per heavy atom. The summed E-state index contributed by atoms with van der Waals surface area (Å²) in [6, 6.07) is 6.09. The van der Waals surface area contributed by atoms with Gasteiger partial charge in [-0.2, -0.15) is 0 Å². The molecule has 0 unspecified atom stereocenters. The van der Waals surface area contributed by atoms with Crippen LogP contribution in [0.15, 0.2) is 24.3 Å². The summed E-state index contributed by atoms with van der Waals surface area (Å²) in [6.45, 7) is 1.45. The highest BCUT2D eigenvalue weighted by Crippen LogP contribution is 2.30. The second kappa shape index (κ2) is 6.53. The molecule has 1 aliphatic carbocycles. The van der Waals surface area contributed by atoms with Crippen LogP contribution >= 0.6 is 11.3 Å². The summed E-state index contributed by atoms with van der Waals surface area (Å²) in [5.74, 6) is -0.970. The number of hydrogen-bond acceptors (Lipinski definition) is 5. The molecule has 26 heavy (non-hydrogen) atoms. The molecule has 0 saturated heterocycles. The van der Waals surface area contributed by atoms with E-state index in [9.17, 15) is 14.4 Å². The van der Waals surface area contributed by atoms with Crippen LogP contribution in [-0.2, 0) is 22.4 Å². The Morgan fingerprint density at radius 3 is 2.96 bits per heavy atom. The zero-order valence-corrected chi connectivity index (χ0v) is 15.1. The van der Waals surface area contributed by atoms with Crippen LogP contribution in [0.2, 0.25) is 0 Å². The Kier molecular flexibility index (Phi) is 4.20. The first-order chi connectivity index (χ1) is 12.5. The number of amides is 3. The number of thiazole rings is 1. The number of para-hydroxylation sites is 1. The molecule has 0 saturated carbocycles. The van der Waals surface area contributed by atoms with Crippen molar-refractivity contribution in [2.24, 2.45) is 0 Å². The van der Waals surface area contributed by atoms with Crippen molar-refractivity contribution >= 4 is 39.9 Å². The average Bonchev–Trinajstić information content (AvgIpc) is 3.18. The van der Waals surface area contributed by atoms with Crippen molar-refractivity contribution in [3.05, 3.63) is 40.4 Å². The number of aryl methyl sites for hydroxylation is 2. The van der Waals surface area contributed by atoms with Gasteiger partial charge in [-0.05, 0) is 38.3 Å². The monoisotopic (exact) mass is 370 g/mol. The highest BCUT2D eigenvalue weighted by molar-refractivity contribution is 7.15. The van der Waals surface area contributed by atoms with Gasteiger partial charge in [0.1, 0.15) is 12.6 Å². The van der Waals surface area contributed by atoms with E-state index in [4.69, 9.17) is 0 Å².